The molecular weight excluding hydrogens is 152 g/mol. The molecule has 12 heavy (non-hydrogen) atoms. The number of ether oxygens (including phenoxy) is 2. The number of rotatable bonds is 1. The first-order valence-corrected chi connectivity index (χ1v) is 5.05. The van der Waals surface area contributed by atoms with Crippen molar-refractivity contribution in [2.24, 2.45) is 11.8 Å². The molecule has 2 aliphatic rings. The average molecular weight is 170 g/mol. The molecule has 70 valence electrons. The van der Waals surface area contributed by atoms with E-state index in [1.54, 1.807) is 0 Å². The van der Waals surface area contributed by atoms with Crippen molar-refractivity contribution in [2.45, 2.75) is 32.3 Å². The van der Waals surface area contributed by atoms with E-state index in [2.05, 4.69) is 6.92 Å². The van der Waals surface area contributed by atoms with Gasteiger partial charge in [0.15, 0.2) is 0 Å². The van der Waals surface area contributed by atoms with Crippen LogP contribution in [-0.2, 0) is 9.47 Å². The van der Waals surface area contributed by atoms with E-state index >= 15 is 0 Å². The Bertz CT molecular complexity index is 141. The third-order valence-electron chi connectivity index (χ3n) is 3.07. The van der Waals surface area contributed by atoms with Gasteiger partial charge in [0.1, 0.15) is 0 Å². The maximum atomic E-state index is 5.75. The fourth-order valence-electron chi connectivity index (χ4n) is 2.18. The van der Waals surface area contributed by atoms with Gasteiger partial charge in [-0.05, 0) is 25.2 Å². The number of hydrogen-bond acceptors (Lipinski definition) is 2. The van der Waals surface area contributed by atoms with Gasteiger partial charge in [0, 0.05) is 19.1 Å². The van der Waals surface area contributed by atoms with Crippen molar-refractivity contribution in [1.29, 1.82) is 0 Å². The minimum absolute atomic E-state index is 0.497. The quantitative estimate of drug-likeness (QED) is 0.598. The first-order valence-electron chi connectivity index (χ1n) is 5.05. The van der Waals surface area contributed by atoms with Crippen LogP contribution in [0.25, 0.3) is 0 Å². The van der Waals surface area contributed by atoms with Crippen LogP contribution < -0.4 is 0 Å². The predicted molar refractivity (Wildman–Crippen MR) is 47.1 cm³/mol. The highest BCUT2D eigenvalue weighted by atomic mass is 16.5. The smallest absolute Gasteiger partial charge is 0.0628 e. The van der Waals surface area contributed by atoms with E-state index in [9.17, 15) is 0 Å². The van der Waals surface area contributed by atoms with Gasteiger partial charge in [-0.2, -0.15) is 0 Å². The largest absolute Gasteiger partial charge is 0.381 e. The Labute approximate surface area is 74.2 Å². The molecule has 0 aromatic heterocycles. The van der Waals surface area contributed by atoms with E-state index in [0.717, 1.165) is 25.7 Å². The lowest BCUT2D eigenvalue weighted by Crippen LogP contribution is -2.31. The van der Waals surface area contributed by atoms with E-state index in [1.165, 1.54) is 19.3 Å². The molecule has 0 aromatic carbocycles. The Balaban J connectivity index is 1.85. The number of hydrogen-bond donors (Lipinski definition) is 0. The molecule has 0 amide bonds. The second-order valence-electron chi connectivity index (χ2n) is 4.16. The summed E-state index contributed by atoms with van der Waals surface area (Å²) in [5.74, 6) is 1.54. The summed E-state index contributed by atoms with van der Waals surface area (Å²) < 4.78 is 11.1. The van der Waals surface area contributed by atoms with Crippen molar-refractivity contribution < 1.29 is 9.47 Å². The Morgan fingerprint density at radius 1 is 1.17 bits per heavy atom. The van der Waals surface area contributed by atoms with Gasteiger partial charge in [0.25, 0.3) is 0 Å². The Morgan fingerprint density at radius 3 is 2.75 bits per heavy atom. The molecule has 2 heteroatoms. The van der Waals surface area contributed by atoms with E-state index in [0.29, 0.717) is 12.0 Å². The lowest BCUT2D eigenvalue weighted by molar-refractivity contribution is -0.0401. The topological polar surface area (TPSA) is 18.5 Å². The molecule has 3 unspecified atom stereocenters. The summed E-state index contributed by atoms with van der Waals surface area (Å²) in [7, 11) is 0. The summed E-state index contributed by atoms with van der Waals surface area (Å²) in [5, 5.41) is 0. The van der Waals surface area contributed by atoms with Crippen LogP contribution in [0.5, 0.6) is 0 Å². The molecule has 0 aromatic rings. The molecule has 2 nitrogen and oxygen atoms in total. The van der Waals surface area contributed by atoms with Gasteiger partial charge in [0.05, 0.1) is 12.7 Å². The van der Waals surface area contributed by atoms with E-state index in [1.807, 2.05) is 0 Å². The summed E-state index contributed by atoms with van der Waals surface area (Å²) in [4.78, 5) is 0. The average Bonchev–Trinajstić information content (AvgIpc) is 2.56. The zero-order valence-electron chi connectivity index (χ0n) is 7.79. The maximum Gasteiger partial charge on any atom is 0.0628 e. The van der Waals surface area contributed by atoms with Crippen LogP contribution in [0.4, 0.5) is 0 Å². The first kappa shape index (κ1) is 8.52. The van der Waals surface area contributed by atoms with Crippen molar-refractivity contribution in [3.8, 4) is 0 Å². The highest BCUT2D eigenvalue weighted by molar-refractivity contribution is 4.78. The van der Waals surface area contributed by atoms with Gasteiger partial charge < -0.3 is 9.47 Å². The third-order valence-corrected chi connectivity index (χ3v) is 3.07. The van der Waals surface area contributed by atoms with Gasteiger partial charge in [-0.1, -0.05) is 6.92 Å². The molecule has 0 saturated carbocycles. The molecule has 0 N–H and O–H groups in total. The monoisotopic (exact) mass is 170 g/mol. The van der Waals surface area contributed by atoms with Gasteiger partial charge in [-0.25, -0.2) is 0 Å². The van der Waals surface area contributed by atoms with Crippen LogP contribution in [-0.4, -0.2) is 25.9 Å². The van der Waals surface area contributed by atoms with Crippen molar-refractivity contribution >= 4 is 0 Å². The minimum Gasteiger partial charge on any atom is -0.381 e. The van der Waals surface area contributed by atoms with E-state index in [-0.39, 0.29) is 0 Å². The van der Waals surface area contributed by atoms with Crippen LogP contribution in [0.2, 0.25) is 0 Å². The second kappa shape index (κ2) is 3.75. The van der Waals surface area contributed by atoms with Crippen LogP contribution in [0.1, 0.15) is 26.2 Å². The van der Waals surface area contributed by atoms with Gasteiger partial charge in [0.2, 0.25) is 0 Å². The zero-order chi connectivity index (χ0) is 8.39. The molecule has 0 aliphatic carbocycles. The Kier molecular flexibility index (Phi) is 2.66. The summed E-state index contributed by atoms with van der Waals surface area (Å²) in [6, 6.07) is 0. The molecule has 2 aliphatic heterocycles. The molecule has 0 radical (unpaired) electrons. The summed E-state index contributed by atoms with van der Waals surface area (Å²) in [6.07, 6.45) is 4.19. The molecule has 3 atom stereocenters. The van der Waals surface area contributed by atoms with Gasteiger partial charge in [-0.3, -0.25) is 0 Å². The van der Waals surface area contributed by atoms with Gasteiger partial charge >= 0.3 is 0 Å². The normalized spacial score (nSPS) is 43.2. The lowest BCUT2D eigenvalue weighted by atomic mass is 9.89. The zero-order valence-corrected chi connectivity index (χ0v) is 7.79. The van der Waals surface area contributed by atoms with Gasteiger partial charge in [-0.15, -0.1) is 0 Å². The molecule has 2 fully saturated rings. The van der Waals surface area contributed by atoms with E-state index in [4.69, 9.17) is 9.47 Å². The Morgan fingerprint density at radius 2 is 2.08 bits per heavy atom. The van der Waals surface area contributed by atoms with Crippen LogP contribution >= 0.6 is 0 Å². The molecular formula is C10H18O2. The van der Waals surface area contributed by atoms with Crippen molar-refractivity contribution in [2.75, 3.05) is 19.8 Å². The minimum atomic E-state index is 0.497. The molecule has 2 rings (SSSR count). The molecule has 0 bridgehead atoms. The van der Waals surface area contributed by atoms with Crippen LogP contribution in [0.15, 0.2) is 0 Å². The summed E-state index contributed by atoms with van der Waals surface area (Å²) in [5.41, 5.74) is 0. The Hall–Kier alpha value is -0.0800. The predicted octanol–water partition coefficient (Wildman–Crippen LogP) is 1.84. The molecule has 0 spiro atoms. The standard InChI is InChI=1S/C10H18O2/c1-8-2-5-12-10(6-8)9-3-4-11-7-9/h8-10H,2-7H2,1H3. The van der Waals surface area contributed by atoms with Crippen LogP contribution in [0.3, 0.4) is 0 Å². The second-order valence-corrected chi connectivity index (χ2v) is 4.16. The van der Waals surface area contributed by atoms with E-state index < -0.39 is 0 Å². The highest BCUT2D eigenvalue weighted by Gasteiger charge is 2.29. The summed E-state index contributed by atoms with van der Waals surface area (Å²) in [6.45, 7) is 5.16. The third kappa shape index (κ3) is 1.80. The van der Waals surface area contributed by atoms with Crippen molar-refractivity contribution in [3.63, 3.8) is 0 Å². The van der Waals surface area contributed by atoms with Crippen molar-refractivity contribution in [3.05, 3.63) is 0 Å². The maximum absolute atomic E-state index is 5.75. The fourth-order valence-corrected chi connectivity index (χ4v) is 2.18. The summed E-state index contributed by atoms with van der Waals surface area (Å²) >= 11 is 0. The highest BCUT2D eigenvalue weighted by Crippen LogP contribution is 2.28. The lowest BCUT2D eigenvalue weighted by Gasteiger charge is -2.30. The first-order chi connectivity index (χ1) is 5.86. The van der Waals surface area contributed by atoms with Crippen molar-refractivity contribution in [1.82, 2.24) is 0 Å². The molecule has 2 heterocycles. The molecule has 2 saturated heterocycles. The fraction of sp³-hybridized carbons (Fsp3) is 1.00. The SMILES string of the molecule is CC1CCOC(C2CCOC2)C1. The van der Waals surface area contributed by atoms with Crippen LogP contribution in [0, 0.1) is 11.8 Å².